The molecule has 1 unspecified atom stereocenters. The highest BCUT2D eigenvalue weighted by Gasteiger charge is 2.30. The number of carbonyl (C=O) groups excluding carboxylic acids is 2. The number of hydrogen-bond donors (Lipinski definition) is 1. The van der Waals surface area contributed by atoms with E-state index in [1.807, 2.05) is 30.3 Å². The SMILES string of the molecule is O=C(Cn1ccccc1=O)NCC1CC(=O)N(c2ccccc2)C1. The third-order valence-electron chi connectivity index (χ3n) is 4.07. The highest BCUT2D eigenvalue weighted by molar-refractivity contribution is 5.95. The maximum atomic E-state index is 12.1. The highest BCUT2D eigenvalue weighted by atomic mass is 16.2. The number of amides is 2. The summed E-state index contributed by atoms with van der Waals surface area (Å²) in [6, 6.07) is 14.3. The minimum atomic E-state index is -0.228. The molecule has 1 fully saturated rings. The van der Waals surface area contributed by atoms with Gasteiger partial charge in [0.15, 0.2) is 0 Å². The molecule has 1 aliphatic rings. The first-order valence-electron chi connectivity index (χ1n) is 7.91. The van der Waals surface area contributed by atoms with Crippen LogP contribution in [0.25, 0.3) is 0 Å². The van der Waals surface area contributed by atoms with Crippen LogP contribution in [0.1, 0.15) is 6.42 Å². The van der Waals surface area contributed by atoms with Gasteiger partial charge in [-0.25, -0.2) is 0 Å². The summed E-state index contributed by atoms with van der Waals surface area (Å²) in [5, 5.41) is 2.82. The van der Waals surface area contributed by atoms with Crippen LogP contribution in [0.5, 0.6) is 0 Å². The molecule has 1 N–H and O–H groups in total. The minimum absolute atomic E-state index is 0.0112. The third kappa shape index (κ3) is 3.71. The summed E-state index contributed by atoms with van der Waals surface area (Å²) in [6.07, 6.45) is 2.00. The summed E-state index contributed by atoms with van der Waals surface area (Å²) in [6.45, 7) is 1.01. The van der Waals surface area contributed by atoms with E-state index in [2.05, 4.69) is 5.32 Å². The first kappa shape index (κ1) is 16.0. The lowest BCUT2D eigenvalue weighted by molar-refractivity contribution is -0.122. The molecule has 0 aliphatic carbocycles. The van der Waals surface area contributed by atoms with E-state index in [-0.39, 0.29) is 29.8 Å². The minimum Gasteiger partial charge on any atom is -0.354 e. The van der Waals surface area contributed by atoms with E-state index < -0.39 is 0 Å². The van der Waals surface area contributed by atoms with Crippen molar-refractivity contribution in [1.82, 2.24) is 9.88 Å². The highest BCUT2D eigenvalue weighted by Crippen LogP contribution is 2.24. The van der Waals surface area contributed by atoms with Gasteiger partial charge in [0, 0.05) is 43.4 Å². The van der Waals surface area contributed by atoms with E-state index >= 15 is 0 Å². The van der Waals surface area contributed by atoms with Crippen LogP contribution in [-0.4, -0.2) is 29.5 Å². The maximum Gasteiger partial charge on any atom is 0.250 e. The van der Waals surface area contributed by atoms with Gasteiger partial charge in [-0.15, -0.1) is 0 Å². The molecule has 2 amide bonds. The summed E-state index contributed by atoms with van der Waals surface area (Å²) < 4.78 is 1.35. The fourth-order valence-electron chi connectivity index (χ4n) is 2.84. The Morgan fingerprint density at radius 2 is 1.83 bits per heavy atom. The van der Waals surface area contributed by atoms with Crippen molar-refractivity contribution >= 4 is 17.5 Å². The molecule has 1 saturated heterocycles. The molecular formula is C18H19N3O3. The van der Waals surface area contributed by atoms with Crippen molar-refractivity contribution < 1.29 is 9.59 Å². The van der Waals surface area contributed by atoms with Crippen molar-refractivity contribution in [2.24, 2.45) is 5.92 Å². The fraction of sp³-hybridized carbons (Fsp3) is 0.278. The molecule has 1 aromatic carbocycles. The molecule has 6 heteroatoms. The Kier molecular flexibility index (Phi) is 4.74. The predicted octanol–water partition coefficient (Wildman–Crippen LogP) is 1.02. The molecule has 6 nitrogen and oxygen atoms in total. The number of para-hydroxylation sites is 1. The zero-order valence-electron chi connectivity index (χ0n) is 13.2. The van der Waals surface area contributed by atoms with Crippen molar-refractivity contribution in [3.63, 3.8) is 0 Å². The first-order valence-corrected chi connectivity index (χ1v) is 7.91. The van der Waals surface area contributed by atoms with Gasteiger partial charge < -0.3 is 14.8 Å². The summed E-state index contributed by atoms with van der Waals surface area (Å²) in [5.41, 5.74) is 0.672. The van der Waals surface area contributed by atoms with Gasteiger partial charge in [-0.1, -0.05) is 24.3 Å². The average molecular weight is 325 g/mol. The number of pyridine rings is 1. The lowest BCUT2D eigenvalue weighted by Crippen LogP contribution is -2.35. The van der Waals surface area contributed by atoms with E-state index in [9.17, 15) is 14.4 Å². The molecule has 24 heavy (non-hydrogen) atoms. The van der Waals surface area contributed by atoms with E-state index in [0.29, 0.717) is 19.5 Å². The van der Waals surface area contributed by atoms with Crippen LogP contribution in [0.3, 0.4) is 0 Å². The predicted molar refractivity (Wildman–Crippen MR) is 90.6 cm³/mol. The monoisotopic (exact) mass is 325 g/mol. The lowest BCUT2D eigenvalue weighted by atomic mass is 10.1. The van der Waals surface area contributed by atoms with Crippen molar-refractivity contribution in [2.75, 3.05) is 18.0 Å². The number of benzene rings is 1. The van der Waals surface area contributed by atoms with Crippen LogP contribution >= 0.6 is 0 Å². The fourth-order valence-corrected chi connectivity index (χ4v) is 2.84. The Bertz CT molecular complexity index is 785. The molecule has 3 rings (SSSR count). The Morgan fingerprint density at radius 1 is 1.08 bits per heavy atom. The molecule has 0 radical (unpaired) electrons. The zero-order chi connectivity index (χ0) is 16.9. The van der Waals surface area contributed by atoms with Crippen LogP contribution < -0.4 is 15.8 Å². The van der Waals surface area contributed by atoms with Crippen LogP contribution in [0, 0.1) is 5.92 Å². The summed E-state index contributed by atoms with van der Waals surface area (Å²) in [7, 11) is 0. The second-order valence-corrected chi connectivity index (χ2v) is 5.88. The van der Waals surface area contributed by atoms with Crippen molar-refractivity contribution in [1.29, 1.82) is 0 Å². The number of rotatable bonds is 5. The third-order valence-corrected chi connectivity index (χ3v) is 4.07. The molecule has 1 atom stereocenters. The van der Waals surface area contributed by atoms with Gasteiger partial charge in [0.25, 0.3) is 5.56 Å². The molecule has 1 aromatic heterocycles. The van der Waals surface area contributed by atoms with E-state index in [1.54, 1.807) is 23.2 Å². The van der Waals surface area contributed by atoms with Gasteiger partial charge >= 0.3 is 0 Å². The summed E-state index contributed by atoms with van der Waals surface area (Å²) in [5.74, 6) is -0.0808. The molecule has 124 valence electrons. The smallest absolute Gasteiger partial charge is 0.250 e. The second-order valence-electron chi connectivity index (χ2n) is 5.88. The second kappa shape index (κ2) is 7.12. The van der Waals surface area contributed by atoms with E-state index in [1.165, 1.54) is 10.6 Å². The number of nitrogens with zero attached hydrogens (tertiary/aromatic N) is 2. The van der Waals surface area contributed by atoms with E-state index in [0.717, 1.165) is 5.69 Å². The topological polar surface area (TPSA) is 71.4 Å². The molecule has 2 aromatic rings. The van der Waals surface area contributed by atoms with Crippen molar-refractivity contribution in [3.05, 3.63) is 65.1 Å². The Morgan fingerprint density at radius 3 is 2.58 bits per heavy atom. The quantitative estimate of drug-likeness (QED) is 0.892. The molecule has 0 saturated carbocycles. The Labute approximate surface area is 139 Å². The van der Waals surface area contributed by atoms with Gasteiger partial charge in [-0.3, -0.25) is 14.4 Å². The maximum absolute atomic E-state index is 12.1. The van der Waals surface area contributed by atoms with Crippen molar-refractivity contribution in [3.8, 4) is 0 Å². The van der Waals surface area contributed by atoms with Gasteiger partial charge in [-0.05, 0) is 18.2 Å². The molecule has 0 bridgehead atoms. The number of aromatic nitrogens is 1. The number of hydrogen-bond acceptors (Lipinski definition) is 3. The number of carbonyl (C=O) groups is 2. The number of nitrogens with one attached hydrogen (secondary N) is 1. The van der Waals surface area contributed by atoms with Gasteiger partial charge in [-0.2, -0.15) is 0 Å². The first-order chi connectivity index (χ1) is 11.6. The molecular weight excluding hydrogens is 306 g/mol. The summed E-state index contributed by atoms with van der Waals surface area (Å²) in [4.78, 5) is 37.5. The van der Waals surface area contributed by atoms with Gasteiger partial charge in [0.05, 0.1) is 0 Å². The summed E-state index contributed by atoms with van der Waals surface area (Å²) >= 11 is 0. The van der Waals surface area contributed by atoms with Crippen LogP contribution in [-0.2, 0) is 16.1 Å². The van der Waals surface area contributed by atoms with Crippen LogP contribution in [0.15, 0.2) is 59.5 Å². The number of anilines is 1. The molecule has 0 spiro atoms. The molecule has 2 heterocycles. The van der Waals surface area contributed by atoms with Crippen molar-refractivity contribution in [2.45, 2.75) is 13.0 Å². The lowest BCUT2D eigenvalue weighted by Gasteiger charge is -2.17. The van der Waals surface area contributed by atoms with E-state index in [4.69, 9.17) is 0 Å². The van der Waals surface area contributed by atoms with Crippen LogP contribution in [0.2, 0.25) is 0 Å². The zero-order valence-corrected chi connectivity index (χ0v) is 13.2. The van der Waals surface area contributed by atoms with Gasteiger partial charge in [0.2, 0.25) is 11.8 Å². The standard InChI is InChI=1S/C18H19N3O3/c22-16(13-20-9-5-4-8-17(20)23)19-11-14-10-18(24)21(12-14)15-6-2-1-3-7-15/h1-9,14H,10-13H2,(H,19,22). The molecule has 1 aliphatic heterocycles. The Hall–Kier alpha value is -2.89. The largest absolute Gasteiger partial charge is 0.354 e. The normalized spacial score (nSPS) is 17.1. The average Bonchev–Trinajstić information content (AvgIpc) is 2.97. The van der Waals surface area contributed by atoms with Gasteiger partial charge in [0.1, 0.15) is 6.54 Å². The van der Waals surface area contributed by atoms with Crippen LogP contribution in [0.4, 0.5) is 5.69 Å². The Balaban J connectivity index is 1.52.